The van der Waals surface area contributed by atoms with Gasteiger partial charge in [0, 0.05) is 28.7 Å². The quantitative estimate of drug-likeness (QED) is 0.592. The largest absolute Gasteiger partial charge is 0.508 e. The predicted molar refractivity (Wildman–Crippen MR) is 86.2 cm³/mol. The zero-order chi connectivity index (χ0) is 16.8. The fourth-order valence-corrected chi connectivity index (χ4v) is 2.16. The van der Waals surface area contributed by atoms with Crippen molar-refractivity contribution < 1.29 is 19.6 Å². The van der Waals surface area contributed by atoms with E-state index in [1.807, 2.05) is 0 Å². The number of aromatic hydroxyl groups is 1. The first-order chi connectivity index (χ1) is 11.0. The molecule has 120 valence electrons. The lowest BCUT2D eigenvalue weighted by Crippen LogP contribution is -2.28. The number of carbonyl (C=O) groups excluding carboxylic acids is 1. The minimum Gasteiger partial charge on any atom is -0.508 e. The van der Waals surface area contributed by atoms with Gasteiger partial charge in [0.05, 0.1) is 4.92 Å². The molecule has 0 aromatic heterocycles. The fraction of sp³-hybridized carbons (Fsp3) is 0.133. The van der Waals surface area contributed by atoms with Crippen LogP contribution < -0.4 is 10.1 Å². The summed E-state index contributed by atoms with van der Waals surface area (Å²) < 4.78 is 6.03. The topological polar surface area (TPSA) is 102 Å². The van der Waals surface area contributed by atoms with Crippen LogP contribution in [0.1, 0.15) is 5.56 Å². The summed E-state index contributed by atoms with van der Waals surface area (Å²) in [6.07, 6.45) is 0. The number of nitrogens with one attached hydrogen (secondary N) is 1. The Hall–Kier alpha value is -2.61. The molecule has 0 aliphatic heterocycles. The van der Waals surface area contributed by atoms with Crippen LogP contribution in [0.25, 0.3) is 0 Å². The SMILES string of the molecule is O=C(COc1ccc([N+](=O)[O-])cc1)NCc1cc(Br)ccc1O. The zero-order valence-electron chi connectivity index (χ0n) is 11.9. The van der Waals surface area contributed by atoms with Gasteiger partial charge in [-0.2, -0.15) is 0 Å². The number of rotatable bonds is 6. The second-order valence-electron chi connectivity index (χ2n) is 4.59. The molecule has 23 heavy (non-hydrogen) atoms. The Bertz CT molecular complexity index is 718. The summed E-state index contributed by atoms with van der Waals surface area (Å²) in [7, 11) is 0. The van der Waals surface area contributed by atoms with Crippen molar-refractivity contribution in [2.75, 3.05) is 6.61 Å². The van der Waals surface area contributed by atoms with Crippen molar-refractivity contribution in [3.05, 3.63) is 62.6 Å². The molecule has 1 amide bonds. The summed E-state index contributed by atoms with van der Waals surface area (Å²) in [5.74, 6) is 0.0727. The predicted octanol–water partition coefficient (Wildman–Crippen LogP) is 2.76. The molecule has 2 rings (SSSR count). The number of carbonyl (C=O) groups is 1. The monoisotopic (exact) mass is 380 g/mol. The Kier molecular flexibility index (Phi) is 5.53. The van der Waals surface area contributed by atoms with Crippen LogP contribution in [-0.4, -0.2) is 22.5 Å². The zero-order valence-corrected chi connectivity index (χ0v) is 13.4. The van der Waals surface area contributed by atoms with Gasteiger partial charge in [0.25, 0.3) is 11.6 Å². The van der Waals surface area contributed by atoms with Gasteiger partial charge in [0.15, 0.2) is 6.61 Å². The molecule has 2 aromatic carbocycles. The Morgan fingerprint density at radius 1 is 1.26 bits per heavy atom. The summed E-state index contributed by atoms with van der Waals surface area (Å²) in [6.45, 7) is -0.0691. The average molecular weight is 381 g/mol. The maximum Gasteiger partial charge on any atom is 0.269 e. The van der Waals surface area contributed by atoms with Crippen molar-refractivity contribution in [1.82, 2.24) is 5.32 Å². The van der Waals surface area contributed by atoms with E-state index < -0.39 is 4.92 Å². The molecule has 0 heterocycles. The van der Waals surface area contributed by atoms with Crippen molar-refractivity contribution in [3.63, 3.8) is 0 Å². The van der Waals surface area contributed by atoms with E-state index in [4.69, 9.17) is 4.74 Å². The van der Waals surface area contributed by atoms with E-state index in [0.29, 0.717) is 11.3 Å². The first-order valence-corrected chi connectivity index (χ1v) is 7.36. The third kappa shape index (κ3) is 4.96. The number of amides is 1. The molecular formula is C15H13BrN2O5. The first-order valence-electron chi connectivity index (χ1n) is 6.57. The molecular weight excluding hydrogens is 368 g/mol. The Morgan fingerprint density at radius 2 is 1.96 bits per heavy atom. The highest BCUT2D eigenvalue weighted by Crippen LogP contribution is 2.21. The van der Waals surface area contributed by atoms with Gasteiger partial charge < -0.3 is 15.2 Å². The van der Waals surface area contributed by atoms with Gasteiger partial charge in [0.1, 0.15) is 11.5 Å². The number of benzene rings is 2. The summed E-state index contributed by atoms with van der Waals surface area (Å²) in [4.78, 5) is 21.7. The number of phenols is 1. The van der Waals surface area contributed by atoms with Crippen LogP contribution in [0.5, 0.6) is 11.5 Å². The van der Waals surface area contributed by atoms with Crippen LogP contribution in [0.3, 0.4) is 0 Å². The van der Waals surface area contributed by atoms with Crippen LogP contribution in [-0.2, 0) is 11.3 Å². The molecule has 0 fully saturated rings. The van der Waals surface area contributed by atoms with E-state index in [9.17, 15) is 20.0 Å². The van der Waals surface area contributed by atoms with Crippen LogP contribution in [0.15, 0.2) is 46.9 Å². The van der Waals surface area contributed by atoms with Crippen LogP contribution in [0.4, 0.5) is 5.69 Å². The van der Waals surface area contributed by atoms with E-state index in [1.54, 1.807) is 12.1 Å². The number of nitro groups is 1. The van der Waals surface area contributed by atoms with Crippen LogP contribution in [0, 0.1) is 10.1 Å². The molecule has 0 bridgehead atoms. The van der Waals surface area contributed by atoms with E-state index in [-0.39, 0.29) is 30.5 Å². The Balaban J connectivity index is 1.83. The lowest BCUT2D eigenvalue weighted by molar-refractivity contribution is -0.384. The number of hydrogen-bond donors (Lipinski definition) is 2. The third-order valence-corrected chi connectivity index (χ3v) is 3.43. The molecule has 2 aromatic rings. The van der Waals surface area contributed by atoms with Gasteiger partial charge in [-0.05, 0) is 30.3 Å². The van der Waals surface area contributed by atoms with E-state index in [2.05, 4.69) is 21.2 Å². The highest BCUT2D eigenvalue weighted by Gasteiger charge is 2.08. The van der Waals surface area contributed by atoms with Crippen molar-refractivity contribution >= 4 is 27.5 Å². The van der Waals surface area contributed by atoms with E-state index >= 15 is 0 Å². The molecule has 0 saturated heterocycles. The molecule has 0 spiro atoms. The van der Waals surface area contributed by atoms with Gasteiger partial charge in [-0.25, -0.2) is 0 Å². The first kappa shape index (κ1) is 16.8. The Labute approximate surface area is 140 Å². The van der Waals surface area contributed by atoms with Crippen LogP contribution >= 0.6 is 15.9 Å². The van der Waals surface area contributed by atoms with Gasteiger partial charge in [0.2, 0.25) is 0 Å². The normalized spacial score (nSPS) is 10.1. The lowest BCUT2D eigenvalue weighted by Gasteiger charge is -2.09. The summed E-state index contributed by atoms with van der Waals surface area (Å²) in [5.41, 5.74) is 0.523. The van der Waals surface area contributed by atoms with Crippen LogP contribution in [0.2, 0.25) is 0 Å². The molecule has 7 nitrogen and oxygen atoms in total. The number of phenolic OH excluding ortho intramolecular Hbond substituents is 1. The number of hydrogen-bond acceptors (Lipinski definition) is 5. The maximum atomic E-state index is 11.7. The third-order valence-electron chi connectivity index (χ3n) is 2.94. The minimum absolute atomic E-state index is 0.0491. The fourth-order valence-electron chi connectivity index (χ4n) is 1.75. The lowest BCUT2D eigenvalue weighted by atomic mass is 10.2. The molecule has 0 radical (unpaired) electrons. The summed E-state index contributed by atoms with van der Waals surface area (Å²) in [6, 6.07) is 10.4. The molecule has 0 aliphatic carbocycles. The minimum atomic E-state index is -0.513. The standard InChI is InChI=1S/C15H13BrN2O5/c16-11-1-6-14(19)10(7-11)8-17-15(20)9-23-13-4-2-12(3-5-13)18(21)22/h1-7,19H,8-9H2,(H,17,20). The molecule has 0 unspecified atom stereocenters. The number of nitro benzene ring substituents is 1. The molecule has 2 N–H and O–H groups in total. The smallest absolute Gasteiger partial charge is 0.269 e. The second-order valence-corrected chi connectivity index (χ2v) is 5.51. The van der Waals surface area contributed by atoms with Gasteiger partial charge in [-0.1, -0.05) is 15.9 Å². The van der Waals surface area contributed by atoms with Crippen molar-refractivity contribution in [1.29, 1.82) is 0 Å². The highest BCUT2D eigenvalue weighted by atomic mass is 79.9. The average Bonchev–Trinajstić information content (AvgIpc) is 2.54. The Morgan fingerprint density at radius 3 is 2.61 bits per heavy atom. The molecule has 0 saturated carbocycles. The number of ether oxygens (including phenoxy) is 1. The van der Waals surface area contributed by atoms with Gasteiger partial charge in [-0.15, -0.1) is 0 Å². The van der Waals surface area contributed by atoms with Crippen molar-refractivity contribution in [3.8, 4) is 11.5 Å². The number of non-ortho nitro benzene ring substituents is 1. The van der Waals surface area contributed by atoms with E-state index in [1.165, 1.54) is 30.3 Å². The van der Waals surface area contributed by atoms with Crippen molar-refractivity contribution in [2.45, 2.75) is 6.54 Å². The molecule has 0 atom stereocenters. The van der Waals surface area contributed by atoms with Gasteiger partial charge in [-0.3, -0.25) is 14.9 Å². The maximum absolute atomic E-state index is 11.7. The number of nitrogens with zero attached hydrogens (tertiary/aromatic N) is 1. The molecule has 8 heteroatoms. The summed E-state index contributed by atoms with van der Waals surface area (Å²) in [5, 5.41) is 22.8. The highest BCUT2D eigenvalue weighted by molar-refractivity contribution is 9.10. The second kappa shape index (κ2) is 7.59. The number of halogens is 1. The summed E-state index contributed by atoms with van der Waals surface area (Å²) >= 11 is 3.28. The van der Waals surface area contributed by atoms with E-state index in [0.717, 1.165) is 4.47 Å². The van der Waals surface area contributed by atoms with Gasteiger partial charge >= 0.3 is 0 Å². The van der Waals surface area contributed by atoms with Crippen molar-refractivity contribution in [2.24, 2.45) is 0 Å². The molecule has 0 aliphatic rings.